The van der Waals surface area contributed by atoms with Crippen molar-refractivity contribution in [2.75, 3.05) is 35.3 Å². The number of ether oxygens (including phenoxy) is 2. The average molecular weight is 305 g/mol. The lowest BCUT2D eigenvalue weighted by atomic mass is 10.0. The van der Waals surface area contributed by atoms with Crippen molar-refractivity contribution in [2.45, 2.75) is 32.0 Å². The Morgan fingerprint density at radius 1 is 1.09 bits per heavy atom. The van der Waals surface area contributed by atoms with Crippen molar-refractivity contribution in [2.24, 2.45) is 0 Å². The van der Waals surface area contributed by atoms with Crippen molar-refractivity contribution in [3.63, 3.8) is 0 Å². The molecule has 1 aromatic carbocycles. The van der Waals surface area contributed by atoms with Crippen LogP contribution in [-0.4, -0.2) is 57.4 Å². The van der Waals surface area contributed by atoms with E-state index in [1.807, 2.05) is 56.2 Å². The number of methoxy groups -OCH3 is 1. The average Bonchev–Trinajstić information content (AvgIpc) is 2.45. The standard InChI is InChI=1S/C17H27N3O2/c1-12(2)14-10-13(21-7)8-9-15(14)22-16(11-18)17(19(3)4)20(5)6/h8-10,12,16-17H,1-7H3. The molecule has 1 aromatic rings. The van der Waals surface area contributed by atoms with Crippen LogP contribution in [0, 0.1) is 11.3 Å². The molecule has 0 bridgehead atoms. The minimum absolute atomic E-state index is 0.132. The quantitative estimate of drug-likeness (QED) is 0.725. The molecule has 0 spiro atoms. The Balaban J connectivity index is 3.13. The highest BCUT2D eigenvalue weighted by atomic mass is 16.5. The number of hydrogen-bond acceptors (Lipinski definition) is 5. The van der Waals surface area contributed by atoms with Gasteiger partial charge in [-0.15, -0.1) is 0 Å². The van der Waals surface area contributed by atoms with Crippen LogP contribution in [0.4, 0.5) is 0 Å². The van der Waals surface area contributed by atoms with Gasteiger partial charge in [0.2, 0.25) is 6.10 Å². The smallest absolute Gasteiger partial charge is 0.212 e. The van der Waals surface area contributed by atoms with E-state index >= 15 is 0 Å². The van der Waals surface area contributed by atoms with Gasteiger partial charge in [-0.3, -0.25) is 9.80 Å². The maximum atomic E-state index is 9.53. The van der Waals surface area contributed by atoms with E-state index in [1.165, 1.54) is 0 Å². The number of nitrogens with zero attached hydrogens (tertiary/aromatic N) is 3. The Morgan fingerprint density at radius 2 is 1.68 bits per heavy atom. The number of hydrogen-bond donors (Lipinski definition) is 0. The molecule has 0 saturated carbocycles. The molecule has 0 radical (unpaired) electrons. The summed E-state index contributed by atoms with van der Waals surface area (Å²) in [5.41, 5.74) is 1.04. The first-order chi connectivity index (χ1) is 10.3. The van der Waals surface area contributed by atoms with Crippen LogP contribution in [0.3, 0.4) is 0 Å². The zero-order valence-corrected chi connectivity index (χ0v) is 14.6. The first-order valence-electron chi connectivity index (χ1n) is 7.38. The fourth-order valence-corrected chi connectivity index (χ4v) is 2.51. The third kappa shape index (κ3) is 4.36. The van der Waals surface area contributed by atoms with Crippen molar-refractivity contribution < 1.29 is 9.47 Å². The summed E-state index contributed by atoms with van der Waals surface area (Å²) in [5, 5.41) is 9.53. The van der Waals surface area contributed by atoms with Crippen LogP contribution in [0.5, 0.6) is 11.5 Å². The molecular weight excluding hydrogens is 278 g/mol. The van der Waals surface area contributed by atoms with E-state index in [0.29, 0.717) is 0 Å². The summed E-state index contributed by atoms with van der Waals surface area (Å²) in [5.74, 6) is 1.80. The Labute approximate surface area is 134 Å². The number of benzene rings is 1. The molecule has 0 saturated heterocycles. The highest BCUT2D eigenvalue weighted by Crippen LogP contribution is 2.31. The second-order valence-corrected chi connectivity index (χ2v) is 6.07. The molecule has 0 N–H and O–H groups in total. The zero-order chi connectivity index (χ0) is 16.9. The molecule has 22 heavy (non-hydrogen) atoms. The monoisotopic (exact) mass is 305 g/mol. The van der Waals surface area contributed by atoms with Crippen molar-refractivity contribution in [1.29, 1.82) is 5.26 Å². The Hall–Kier alpha value is -1.77. The normalized spacial score (nSPS) is 12.8. The van der Waals surface area contributed by atoms with E-state index in [9.17, 15) is 5.26 Å². The second kappa shape index (κ2) is 8.02. The van der Waals surface area contributed by atoms with Gasteiger partial charge < -0.3 is 9.47 Å². The van der Waals surface area contributed by atoms with E-state index in [1.54, 1.807) is 7.11 Å². The largest absolute Gasteiger partial charge is 0.497 e. The molecular formula is C17H27N3O2. The minimum atomic E-state index is -0.587. The van der Waals surface area contributed by atoms with Gasteiger partial charge in [-0.05, 0) is 52.3 Å². The highest BCUT2D eigenvalue weighted by Gasteiger charge is 2.28. The predicted molar refractivity (Wildman–Crippen MR) is 88.3 cm³/mol. The molecule has 0 fully saturated rings. The minimum Gasteiger partial charge on any atom is -0.497 e. The molecule has 0 aromatic heterocycles. The van der Waals surface area contributed by atoms with Crippen LogP contribution in [0.1, 0.15) is 25.3 Å². The molecule has 0 aliphatic heterocycles. The van der Waals surface area contributed by atoms with Crippen LogP contribution in [0.2, 0.25) is 0 Å². The molecule has 5 heteroatoms. The molecule has 1 unspecified atom stereocenters. The maximum absolute atomic E-state index is 9.53. The van der Waals surface area contributed by atoms with E-state index in [2.05, 4.69) is 19.9 Å². The van der Waals surface area contributed by atoms with Crippen LogP contribution in [0.25, 0.3) is 0 Å². The third-order valence-electron chi connectivity index (χ3n) is 3.55. The molecule has 1 atom stereocenters. The lowest BCUT2D eigenvalue weighted by Crippen LogP contribution is -2.50. The van der Waals surface area contributed by atoms with E-state index < -0.39 is 6.10 Å². The first-order valence-corrected chi connectivity index (χ1v) is 7.38. The molecule has 0 aliphatic carbocycles. The van der Waals surface area contributed by atoms with Crippen molar-refractivity contribution in [3.8, 4) is 17.6 Å². The van der Waals surface area contributed by atoms with Gasteiger partial charge in [0.25, 0.3) is 0 Å². The highest BCUT2D eigenvalue weighted by molar-refractivity contribution is 5.42. The molecule has 0 heterocycles. The summed E-state index contributed by atoms with van der Waals surface area (Å²) < 4.78 is 11.3. The fourth-order valence-electron chi connectivity index (χ4n) is 2.51. The number of nitriles is 1. The zero-order valence-electron chi connectivity index (χ0n) is 14.6. The van der Waals surface area contributed by atoms with Crippen LogP contribution in [0.15, 0.2) is 18.2 Å². The molecule has 5 nitrogen and oxygen atoms in total. The number of likely N-dealkylation sites (N-methyl/N-ethyl adjacent to an activating group) is 2. The first kappa shape index (κ1) is 18.3. The molecule has 0 amide bonds. The predicted octanol–water partition coefficient (Wildman–Crippen LogP) is 2.54. The molecule has 1 rings (SSSR count). The van der Waals surface area contributed by atoms with Crippen LogP contribution in [-0.2, 0) is 0 Å². The SMILES string of the molecule is COc1ccc(OC(C#N)C(N(C)C)N(C)C)c(C(C)C)c1. The summed E-state index contributed by atoms with van der Waals surface area (Å²) in [6.07, 6.45) is -0.719. The maximum Gasteiger partial charge on any atom is 0.212 e. The van der Waals surface area contributed by atoms with Gasteiger partial charge in [0.15, 0.2) is 0 Å². The second-order valence-electron chi connectivity index (χ2n) is 6.07. The summed E-state index contributed by atoms with van der Waals surface area (Å²) in [7, 11) is 9.41. The lowest BCUT2D eigenvalue weighted by molar-refractivity contribution is 0.0402. The molecule has 0 aliphatic rings. The Bertz CT molecular complexity index is 513. The van der Waals surface area contributed by atoms with Gasteiger partial charge in [-0.25, -0.2) is 0 Å². The summed E-state index contributed by atoms with van der Waals surface area (Å²) in [6, 6.07) is 7.97. The van der Waals surface area contributed by atoms with Crippen molar-refractivity contribution >= 4 is 0 Å². The Kier molecular flexibility index (Phi) is 6.66. The topological polar surface area (TPSA) is 48.7 Å². The van der Waals surface area contributed by atoms with Crippen molar-refractivity contribution in [1.82, 2.24) is 9.80 Å². The third-order valence-corrected chi connectivity index (χ3v) is 3.55. The summed E-state index contributed by atoms with van der Waals surface area (Å²) in [4.78, 5) is 3.96. The fraction of sp³-hybridized carbons (Fsp3) is 0.588. The summed E-state index contributed by atoms with van der Waals surface area (Å²) >= 11 is 0. The van der Waals surface area contributed by atoms with Gasteiger partial charge in [0.05, 0.1) is 7.11 Å². The van der Waals surface area contributed by atoms with Gasteiger partial charge in [0, 0.05) is 5.56 Å². The Morgan fingerprint density at radius 3 is 2.09 bits per heavy atom. The summed E-state index contributed by atoms with van der Waals surface area (Å²) in [6.45, 7) is 4.19. The van der Waals surface area contributed by atoms with E-state index in [-0.39, 0.29) is 12.1 Å². The van der Waals surface area contributed by atoms with Gasteiger partial charge >= 0.3 is 0 Å². The van der Waals surface area contributed by atoms with Crippen LogP contribution >= 0.6 is 0 Å². The van der Waals surface area contributed by atoms with Gasteiger partial charge in [-0.2, -0.15) is 5.26 Å². The molecule has 122 valence electrons. The van der Waals surface area contributed by atoms with Gasteiger partial charge in [0.1, 0.15) is 23.7 Å². The van der Waals surface area contributed by atoms with E-state index in [4.69, 9.17) is 9.47 Å². The lowest BCUT2D eigenvalue weighted by Gasteiger charge is -2.34. The van der Waals surface area contributed by atoms with Crippen molar-refractivity contribution in [3.05, 3.63) is 23.8 Å². The van der Waals surface area contributed by atoms with E-state index in [0.717, 1.165) is 17.1 Å². The number of rotatable bonds is 7. The van der Waals surface area contributed by atoms with Gasteiger partial charge in [-0.1, -0.05) is 13.8 Å². The van der Waals surface area contributed by atoms with Crippen LogP contribution < -0.4 is 9.47 Å².